The Balaban J connectivity index is 1.73. The van der Waals surface area contributed by atoms with Gasteiger partial charge in [0.05, 0.1) is 0 Å². The number of hydrogen-bond acceptors (Lipinski definition) is 2. The van der Waals surface area contributed by atoms with Crippen molar-refractivity contribution in [1.29, 1.82) is 0 Å². The number of likely N-dealkylation sites (tertiary alicyclic amines) is 1. The van der Waals surface area contributed by atoms with Crippen LogP contribution >= 0.6 is 0 Å². The van der Waals surface area contributed by atoms with Crippen molar-refractivity contribution in [2.75, 3.05) is 32.7 Å². The zero-order chi connectivity index (χ0) is 9.97. The largest absolute Gasteiger partial charge is 0.316 e. The Bertz CT molecular complexity index is 169. The SMILES string of the molecule is CCCC(C)CN1CC2CNCC2C1. The first kappa shape index (κ1) is 10.4. The summed E-state index contributed by atoms with van der Waals surface area (Å²) < 4.78 is 0. The zero-order valence-electron chi connectivity index (χ0n) is 9.63. The van der Waals surface area contributed by atoms with Crippen LogP contribution in [0.4, 0.5) is 0 Å². The molecule has 0 spiro atoms. The van der Waals surface area contributed by atoms with Crippen LogP contribution < -0.4 is 5.32 Å². The summed E-state index contributed by atoms with van der Waals surface area (Å²) in [5, 5.41) is 3.50. The van der Waals surface area contributed by atoms with E-state index in [1.165, 1.54) is 45.6 Å². The molecule has 0 aromatic carbocycles. The van der Waals surface area contributed by atoms with E-state index in [0.29, 0.717) is 0 Å². The van der Waals surface area contributed by atoms with Crippen molar-refractivity contribution >= 4 is 0 Å². The maximum absolute atomic E-state index is 3.50. The Morgan fingerprint density at radius 1 is 1.29 bits per heavy atom. The van der Waals surface area contributed by atoms with Gasteiger partial charge in [0.15, 0.2) is 0 Å². The van der Waals surface area contributed by atoms with Crippen LogP contribution in [0.5, 0.6) is 0 Å². The summed E-state index contributed by atoms with van der Waals surface area (Å²) in [6, 6.07) is 0. The predicted molar refractivity (Wildman–Crippen MR) is 60.4 cm³/mol. The third-order valence-corrected chi connectivity index (χ3v) is 3.82. The molecule has 2 rings (SSSR count). The Labute approximate surface area is 88.1 Å². The zero-order valence-corrected chi connectivity index (χ0v) is 9.63. The lowest BCUT2D eigenvalue weighted by Crippen LogP contribution is -2.29. The van der Waals surface area contributed by atoms with Crippen LogP contribution in [0, 0.1) is 17.8 Å². The fraction of sp³-hybridized carbons (Fsp3) is 1.00. The molecule has 0 radical (unpaired) electrons. The summed E-state index contributed by atoms with van der Waals surface area (Å²) in [7, 11) is 0. The maximum atomic E-state index is 3.50. The summed E-state index contributed by atoms with van der Waals surface area (Å²) in [6.45, 7) is 11.3. The van der Waals surface area contributed by atoms with Crippen LogP contribution in [0.3, 0.4) is 0 Å². The molecule has 14 heavy (non-hydrogen) atoms. The van der Waals surface area contributed by atoms with E-state index in [4.69, 9.17) is 0 Å². The van der Waals surface area contributed by atoms with E-state index < -0.39 is 0 Å². The van der Waals surface area contributed by atoms with Crippen molar-refractivity contribution in [3.8, 4) is 0 Å². The van der Waals surface area contributed by atoms with Gasteiger partial charge in [-0.3, -0.25) is 0 Å². The Morgan fingerprint density at radius 3 is 2.50 bits per heavy atom. The summed E-state index contributed by atoms with van der Waals surface area (Å²) in [6.07, 6.45) is 2.73. The van der Waals surface area contributed by atoms with Gasteiger partial charge >= 0.3 is 0 Å². The van der Waals surface area contributed by atoms with Gasteiger partial charge in [0.2, 0.25) is 0 Å². The number of nitrogens with one attached hydrogen (secondary N) is 1. The third-order valence-electron chi connectivity index (χ3n) is 3.82. The van der Waals surface area contributed by atoms with Crippen molar-refractivity contribution in [3.05, 3.63) is 0 Å². The van der Waals surface area contributed by atoms with Crippen molar-refractivity contribution in [3.63, 3.8) is 0 Å². The van der Waals surface area contributed by atoms with Gasteiger partial charge in [0.25, 0.3) is 0 Å². The molecule has 1 N–H and O–H groups in total. The fourth-order valence-electron chi connectivity index (χ4n) is 3.13. The summed E-state index contributed by atoms with van der Waals surface area (Å²) in [5.74, 6) is 2.82. The van der Waals surface area contributed by atoms with E-state index in [1.54, 1.807) is 0 Å². The van der Waals surface area contributed by atoms with Crippen molar-refractivity contribution in [1.82, 2.24) is 10.2 Å². The average molecular weight is 196 g/mol. The van der Waals surface area contributed by atoms with Crippen LogP contribution in [0.1, 0.15) is 26.7 Å². The number of rotatable bonds is 4. The van der Waals surface area contributed by atoms with Gasteiger partial charge in [-0.2, -0.15) is 0 Å². The Hall–Kier alpha value is -0.0800. The third kappa shape index (κ3) is 2.29. The van der Waals surface area contributed by atoms with E-state index in [2.05, 4.69) is 24.1 Å². The Morgan fingerprint density at radius 2 is 1.93 bits per heavy atom. The molecule has 0 aromatic rings. The van der Waals surface area contributed by atoms with E-state index in [9.17, 15) is 0 Å². The quantitative estimate of drug-likeness (QED) is 0.734. The minimum Gasteiger partial charge on any atom is -0.316 e. The Kier molecular flexibility index (Phi) is 3.45. The van der Waals surface area contributed by atoms with Crippen LogP contribution in [0.15, 0.2) is 0 Å². The van der Waals surface area contributed by atoms with E-state index in [-0.39, 0.29) is 0 Å². The molecule has 3 unspecified atom stereocenters. The lowest BCUT2D eigenvalue weighted by molar-refractivity contribution is 0.262. The highest BCUT2D eigenvalue weighted by molar-refractivity contribution is 4.91. The van der Waals surface area contributed by atoms with Crippen LogP contribution in [0.2, 0.25) is 0 Å². The molecule has 0 saturated carbocycles. The molecule has 2 saturated heterocycles. The monoisotopic (exact) mass is 196 g/mol. The average Bonchev–Trinajstić information content (AvgIpc) is 2.63. The van der Waals surface area contributed by atoms with Gasteiger partial charge in [0, 0.05) is 19.6 Å². The van der Waals surface area contributed by atoms with Crippen molar-refractivity contribution < 1.29 is 0 Å². The molecule has 2 aliphatic rings. The lowest BCUT2D eigenvalue weighted by Gasteiger charge is -2.21. The highest BCUT2D eigenvalue weighted by atomic mass is 15.2. The molecule has 0 bridgehead atoms. The second kappa shape index (κ2) is 4.63. The van der Waals surface area contributed by atoms with Gasteiger partial charge in [-0.15, -0.1) is 0 Å². The molecule has 82 valence electrons. The van der Waals surface area contributed by atoms with Gasteiger partial charge in [-0.25, -0.2) is 0 Å². The maximum Gasteiger partial charge on any atom is 0.00257 e. The molecule has 0 aromatic heterocycles. The van der Waals surface area contributed by atoms with Crippen LogP contribution in [0.25, 0.3) is 0 Å². The fourth-order valence-corrected chi connectivity index (χ4v) is 3.13. The second-order valence-electron chi connectivity index (χ2n) is 5.29. The first-order chi connectivity index (χ1) is 6.79. The minimum absolute atomic E-state index is 0.895. The first-order valence-corrected chi connectivity index (χ1v) is 6.22. The van der Waals surface area contributed by atoms with Crippen molar-refractivity contribution in [2.45, 2.75) is 26.7 Å². The molecular formula is C12H24N2. The first-order valence-electron chi connectivity index (χ1n) is 6.22. The van der Waals surface area contributed by atoms with Gasteiger partial charge in [-0.1, -0.05) is 20.3 Å². The second-order valence-corrected chi connectivity index (χ2v) is 5.29. The molecule has 2 heteroatoms. The highest BCUT2D eigenvalue weighted by Gasteiger charge is 2.35. The van der Waals surface area contributed by atoms with Gasteiger partial charge in [0.1, 0.15) is 0 Å². The minimum atomic E-state index is 0.895. The molecular weight excluding hydrogens is 172 g/mol. The number of nitrogens with zero attached hydrogens (tertiary/aromatic N) is 1. The molecule has 2 heterocycles. The number of fused-ring (bicyclic) bond motifs is 1. The van der Waals surface area contributed by atoms with Crippen LogP contribution in [-0.2, 0) is 0 Å². The molecule has 2 nitrogen and oxygen atoms in total. The van der Waals surface area contributed by atoms with E-state index >= 15 is 0 Å². The van der Waals surface area contributed by atoms with E-state index in [0.717, 1.165) is 17.8 Å². The predicted octanol–water partition coefficient (Wildman–Crippen LogP) is 1.57. The number of hydrogen-bond donors (Lipinski definition) is 1. The topological polar surface area (TPSA) is 15.3 Å². The highest BCUT2D eigenvalue weighted by Crippen LogP contribution is 2.27. The van der Waals surface area contributed by atoms with Gasteiger partial charge in [-0.05, 0) is 37.3 Å². The van der Waals surface area contributed by atoms with Crippen LogP contribution in [-0.4, -0.2) is 37.6 Å². The molecule has 2 aliphatic heterocycles. The molecule has 0 amide bonds. The molecule has 3 atom stereocenters. The standard InChI is InChI=1S/C12H24N2/c1-3-4-10(2)7-14-8-11-5-13-6-12(11)9-14/h10-13H,3-9H2,1-2H3. The lowest BCUT2D eigenvalue weighted by atomic mass is 10.0. The van der Waals surface area contributed by atoms with Crippen molar-refractivity contribution in [2.24, 2.45) is 17.8 Å². The molecule has 2 fully saturated rings. The smallest absolute Gasteiger partial charge is 0.00257 e. The van der Waals surface area contributed by atoms with E-state index in [1.807, 2.05) is 0 Å². The normalized spacial score (nSPS) is 34.7. The van der Waals surface area contributed by atoms with Gasteiger partial charge < -0.3 is 10.2 Å². The summed E-state index contributed by atoms with van der Waals surface area (Å²) in [4.78, 5) is 2.69. The summed E-state index contributed by atoms with van der Waals surface area (Å²) in [5.41, 5.74) is 0. The summed E-state index contributed by atoms with van der Waals surface area (Å²) >= 11 is 0. The molecule has 0 aliphatic carbocycles.